The van der Waals surface area contributed by atoms with Crippen LogP contribution in [0.15, 0.2) is 6.07 Å². The summed E-state index contributed by atoms with van der Waals surface area (Å²) in [5.74, 6) is 0. The molecule has 0 aliphatic carbocycles. The van der Waals surface area contributed by atoms with Crippen LogP contribution in [-0.2, 0) is 13.2 Å². The van der Waals surface area contributed by atoms with E-state index in [4.69, 9.17) is 5.11 Å². The number of rotatable bonds is 1. The number of hydrogen-bond donors (Lipinski definition) is 1. The van der Waals surface area contributed by atoms with Gasteiger partial charge in [0, 0.05) is 7.05 Å². The van der Waals surface area contributed by atoms with Crippen molar-refractivity contribution in [2.75, 3.05) is 0 Å². The molecule has 1 N–H and O–H groups in total. The van der Waals surface area contributed by atoms with Crippen molar-refractivity contribution in [2.24, 2.45) is 7.05 Å². The average Bonchev–Trinajstić information content (AvgIpc) is 2.29. The predicted octanol–water partition coefficient (Wildman–Crippen LogP) is 1.49. The number of hydrogen-bond acceptors (Lipinski definition) is 2. The van der Waals surface area contributed by atoms with E-state index in [1.165, 1.54) is 14.0 Å². The molecule has 13 heavy (non-hydrogen) atoms. The van der Waals surface area contributed by atoms with E-state index in [1.54, 1.807) is 0 Å². The number of aliphatic hydroxyl groups is 1. The molecule has 3 nitrogen and oxygen atoms in total. The van der Waals surface area contributed by atoms with Gasteiger partial charge in [-0.25, -0.2) is 0 Å². The second-order valence-electron chi connectivity index (χ2n) is 2.75. The fraction of sp³-hybridized carbons (Fsp3) is 0.571. The first-order valence-electron chi connectivity index (χ1n) is 3.61. The van der Waals surface area contributed by atoms with E-state index < -0.39 is 18.0 Å². The van der Waals surface area contributed by atoms with Gasteiger partial charge in [-0.2, -0.15) is 18.3 Å². The lowest BCUT2D eigenvalue weighted by Crippen LogP contribution is -2.11. The van der Waals surface area contributed by atoms with Gasteiger partial charge in [-0.1, -0.05) is 0 Å². The largest absolute Gasteiger partial charge is 0.433 e. The molecule has 0 radical (unpaired) electrons. The zero-order valence-electron chi connectivity index (χ0n) is 7.13. The van der Waals surface area contributed by atoms with E-state index in [0.717, 1.165) is 6.07 Å². The Morgan fingerprint density at radius 3 is 2.31 bits per heavy atom. The molecule has 0 spiro atoms. The zero-order valence-corrected chi connectivity index (χ0v) is 7.13. The van der Waals surface area contributed by atoms with Crippen molar-refractivity contribution in [3.8, 4) is 0 Å². The zero-order chi connectivity index (χ0) is 10.2. The van der Waals surface area contributed by atoms with Crippen molar-refractivity contribution in [3.63, 3.8) is 0 Å². The van der Waals surface area contributed by atoms with E-state index in [0.29, 0.717) is 4.68 Å². The minimum absolute atomic E-state index is 0.0230. The Bertz CT molecular complexity index is 303. The predicted molar refractivity (Wildman–Crippen MR) is 38.8 cm³/mol. The third-order valence-corrected chi connectivity index (χ3v) is 1.62. The molecule has 1 heterocycles. The Morgan fingerprint density at radius 1 is 1.54 bits per heavy atom. The van der Waals surface area contributed by atoms with Crippen LogP contribution >= 0.6 is 0 Å². The molecule has 1 aromatic rings. The van der Waals surface area contributed by atoms with Gasteiger partial charge in [0.15, 0.2) is 0 Å². The highest BCUT2D eigenvalue weighted by Gasteiger charge is 2.35. The quantitative estimate of drug-likeness (QED) is 0.735. The highest BCUT2D eigenvalue weighted by Crippen LogP contribution is 2.30. The minimum Gasteiger partial charge on any atom is -0.387 e. The van der Waals surface area contributed by atoms with E-state index >= 15 is 0 Å². The van der Waals surface area contributed by atoms with E-state index in [-0.39, 0.29) is 5.69 Å². The highest BCUT2D eigenvalue weighted by molar-refractivity contribution is 5.14. The van der Waals surface area contributed by atoms with Gasteiger partial charge < -0.3 is 5.11 Å². The molecular weight excluding hydrogens is 185 g/mol. The lowest BCUT2D eigenvalue weighted by Gasteiger charge is -2.04. The van der Waals surface area contributed by atoms with Crippen LogP contribution in [-0.4, -0.2) is 14.9 Å². The molecule has 6 heteroatoms. The van der Waals surface area contributed by atoms with Crippen molar-refractivity contribution in [2.45, 2.75) is 19.2 Å². The van der Waals surface area contributed by atoms with E-state index in [1.807, 2.05) is 0 Å². The van der Waals surface area contributed by atoms with E-state index in [2.05, 4.69) is 5.10 Å². The summed E-state index contributed by atoms with van der Waals surface area (Å²) in [5.41, 5.74) is -0.835. The van der Waals surface area contributed by atoms with Crippen molar-refractivity contribution >= 4 is 0 Å². The van der Waals surface area contributed by atoms with Gasteiger partial charge >= 0.3 is 6.18 Å². The maximum atomic E-state index is 12.2. The molecule has 1 aromatic heterocycles. The number of aliphatic hydroxyl groups excluding tert-OH is 1. The fourth-order valence-corrected chi connectivity index (χ4v) is 0.959. The van der Waals surface area contributed by atoms with Crippen LogP contribution in [0.2, 0.25) is 0 Å². The number of aryl methyl sites for hydroxylation is 1. The third kappa shape index (κ3) is 2.00. The van der Waals surface area contributed by atoms with Gasteiger partial charge in [0.05, 0.1) is 11.8 Å². The summed E-state index contributed by atoms with van der Waals surface area (Å²) >= 11 is 0. The lowest BCUT2D eigenvalue weighted by molar-refractivity contribution is -0.143. The van der Waals surface area contributed by atoms with Crippen molar-refractivity contribution in [1.82, 2.24) is 9.78 Å². The normalized spacial score (nSPS) is 14.6. The number of aromatic nitrogens is 2. The maximum absolute atomic E-state index is 12.2. The second kappa shape index (κ2) is 3.02. The Kier molecular flexibility index (Phi) is 2.34. The summed E-state index contributed by atoms with van der Waals surface area (Å²) in [5, 5.41) is 12.5. The molecule has 1 atom stereocenters. The van der Waals surface area contributed by atoms with Gasteiger partial charge in [0.25, 0.3) is 0 Å². The molecule has 0 aliphatic heterocycles. The van der Waals surface area contributed by atoms with Gasteiger partial charge in [0.1, 0.15) is 5.69 Å². The second-order valence-corrected chi connectivity index (χ2v) is 2.75. The van der Waals surface area contributed by atoms with Crippen LogP contribution in [0.1, 0.15) is 24.4 Å². The third-order valence-electron chi connectivity index (χ3n) is 1.62. The van der Waals surface area contributed by atoms with Crippen molar-refractivity contribution in [1.29, 1.82) is 0 Å². The van der Waals surface area contributed by atoms with Crippen molar-refractivity contribution in [3.05, 3.63) is 17.5 Å². The monoisotopic (exact) mass is 194 g/mol. The van der Waals surface area contributed by atoms with Gasteiger partial charge in [0.2, 0.25) is 0 Å². The molecule has 0 fully saturated rings. The summed E-state index contributed by atoms with van der Waals surface area (Å²) < 4.78 is 37.3. The summed E-state index contributed by atoms with van der Waals surface area (Å²) in [4.78, 5) is 0. The first-order chi connectivity index (χ1) is 5.82. The van der Waals surface area contributed by atoms with Gasteiger partial charge in [-0.3, -0.25) is 4.68 Å². The average molecular weight is 194 g/mol. The summed E-state index contributed by atoms with van der Waals surface area (Å²) in [6, 6.07) is 0.838. The Morgan fingerprint density at radius 2 is 2.08 bits per heavy atom. The molecule has 74 valence electrons. The Labute approximate surface area is 72.8 Å². The van der Waals surface area contributed by atoms with Crippen LogP contribution < -0.4 is 0 Å². The minimum atomic E-state index is -4.42. The van der Waals surface area contributed by atoms with Crippen LogP contribution in [0.3, 0.4) is 0 Å². The molecule has 0 aromatic carbocycles. The molecule has 0 amide bonds. The van der Waals surface area contributed by atoms with Crippen LogP contribution in [0, 0.1) is 0 Å². The summed E-state index contributed by atoms with van der Waals surface area (Å²) in [7, 11) is 1.19. The SMILES string of the molecule is CC(O)c1cc(C(F)(F)F)n(C)n1. The number of alkyl halides is 3. The molecular formula is C7H9F3N2O. The molecule has 0 aliphatic rings. The standard InChI is InChI=1S/C7H9F3N2O/c1-4(13)5-3-6(7(8,9)10)12(2)11-5/h3-4,13H,1-2H3. The smallest absolute Gasteiger partial charge is 0.387 e. The maximum Gasteiger partial charge on any atom is 0.433 e. The number of halogens is 3. The van der Waals surface area contributed by atoms with Crippen LogP contribution in [0.4, 0.5) is 13.2 Å². The molecule has 1 unspecified atom stereocenters. The van der Waals surface area contributed by atoms with E-state index in [9.17, 15) is 13.2 Å². The van der Waals surface area contributed by atoms with Gasteiger partial charge in [-0.15, -0.1) is 0 Å². The first-order valence-corrected chi connectivity index (χ1v) is 3.61. The topological polar surface area (TPSA) is 38.0 Å². The molecule has 0 saturated carbocycles. The van der Waals surface area contributed by atoms with Crippen LogP contribution in [0.25, 0.3) is 0 Å². The highest BCUT2D eigenvalue weighted by atomic mass is 19.4. The Hall–Kier alpha value is -1.04. The summed E-state index contributed by atoms with van der Waals surface area (Å²) in [6.45, 7) is 1.36. The molecule has 0 saturated heterocycles. The number of nitrogens with zero attached hydrogens (tertiary/aromatic N) is 2. The molecule has 1 rings (SSSR count). The van der Waals surface area contributed by atoms with Crippen molar-refractivity contribution < 1.29 is 18.3 Å². The fourth-order valence-electron chi connectivity index (χ4n) is 0.959. The van der Waals surface area contributed by atoms with Gasteiger partial charge in [-0.05, 0) is 13.0 Å². The summed E-state index contributed by atoms with van der Waals surface area (Å²) in [6.07, 6.45) is -5.41. The lowest BCUT2D eigenvalue weighted by atomic mass is 10.2. The first kappa shape index (κ1) is 10.0. The Balaban J connectivity index is 3.11. The van der Waals surface area contributed by atoms with Crippen LogP contribution in [0.5, 0.6) is 0 Å². The molecule has 0 bridgehead atoms.